The summed E-state index contributed by atoms with van der Waals surface area (Å²) in [4.78, 5) is 20.9. The summed E-state index contributed by atoms with van der Waals surface area (Å²) in [6.07, 6.45) is 0.993. The molecule has 1 saturated heterocycles. The quantitative estimate of drug-likeness (QED) is 0.162. The molecule has 0 aromatic heterocycles. The third kappa shape index (κ3) is 10.1. The van der Waals surface area contributed by atoms with Gasteiger partial charge in [-0.1, -0.05) is 12.1 Å². The van der Waals surface area contributed by atoms with E-state index >= 15 is 0 Å². The van der Waals surface area contributed by atoms with Crippen LogP contribution in [0.2, 0.25) is 0 Å². The molecule has 0 radical (unpaired) electrons. The maximum absolute atomic E-state index is 13.4. The predicted molar refractivity (Wildman–Crippen MR) is 123 cm³/mol. The van der Waals surface area contributed by atoms with E-state index in [1.165, 1.54) is 28.6 Å². The first-order valence-electron chi connectivity index (χ1n) is 11.3. The highest BCUT2D eigenvalue weighted by atomic mass is 32.2. The second-order valence-corrected chi connectivity index (χ2v) is 9.40. The highest BCUT2D eigenvalue weighted by molar-refractivity contribution is 7.89. The van der Waals surface area contributed by atoms with Gasteiger partial charge in [-0.2, -0.15) is 4.31 Å². The van der Waals surface area contributed by atoms with E-state index < -0.39 is 26.5 Å². The van der Waals surface area contributed by atoms with Gasteiger partial charge in [0.15, 0.2) is 4.90 Å². The van der Waals surface area contributed by atoms with Crippen LogP contribution < -0.4 is 5.73 Å². The minimum absolute atomic E-state index is 0.0491. The zero-order valence-corrected chi connectivity index (χ0v) is 20.4. The number of benzene rings is 1. The van der Waals surface area contributed by atoms with Crippen LogP contribution >= 0.6 is 0 Å². The number of carbonyl (C=O) groups is 1. The molecule has 0 aliphatic carbocycles. The lowest BCUT2D eigenvalue weighted by Crippen LogP contribution is -2.45. The first kappa shape index (κ1) is 29.0. The van der Waals surface area contributed by atoms with Crippen LogP contribution in [-0.4, -0.2) is 102 Å². The molecule has 1 aliphatic rings. The largest absolute Gasteiger partial charge is 0.381 e. The van der Waals surface area contributed by atoms with Crippen molar-refractivity contribution in [3.63, 3.8) is 0 Å². The van der Waals surface area contributed by atoms with Crippen molar-refractivity contribution in [1.29, 1.82) is 0 Å². The molecule has 0 bridgehead atoms. The molecule has 0 atom stereocenters. The first-order valence-corrected chi connectivity index (χ1v) is 12.7. The number of nitro benzene ring substituents is 1. The van der Waals surface area contributed by atoms with E-state index in [9.17, 15) is 23.3 Å². The molecular weight excluding hydrogens is 486 g/mol. The van der Waals surface area contributed by atoms with Gasteiger partial charge >= 0.3 is 0 Å². The van der Waals surface area contributed by atoms with E-state index in [-0.39, 0.29) is 50.5 Å². The van der Waals surface area contributed by atoms with E-state index in [1.54, 1.807) is 0 Å². The van der Waals surface area contributed by atoms with Gasteiger partial charge in [-0.25, -0.2) is 8.42 Å². The molecule has 1 amide bonds. The van der Waals surface area contributed by atoms with Gasteiger partial charge < -0.3 is 29.4 Å². The van der Waals surface area contributed by atoms with Crippen LogP contribution in [0.1, 0.15) is 12.8 Å². The Balaban J connectivity index is 1.77. The molecule has 13 nitrogen and oxygen atoms in total. The molecule has 1 aromatic rings. The van der Waals surface area contributed by atoms with Gasteiger partial charge in [0.05, 0.1) is 51.2 Å². The molecule has 1 aliphatic heterocycles. The van der Waals surface area contributed by atoms with Crippen LogP contribution in [0.4, 0.5) is 5.69 Å². The highest BCUT2D eigenvalue weighted by Crippen LogP contribution is 2.29. The van der Waals surface area contributed by atoms with Crippen molar-refractivity contribution in [2.24, 2.45) is 5.73 Å². The SMILES string of the molecule is NC(=O)COCCOCCOCCOCCN(C1CCOCC1)S(=O)(=O)c1ccccc1[N+](=O)[O-]. The Morgan fingerprint density at radius 3 is 2.11 bits per heavy atom. The third-order valence-corrected chi connectivity index (χ3v) is 7.06. The van der Waals surface area contributed by atoms with Crippen LogP contribution in [0, 0.1) is 10.1 Å². The Kier molecular flexibility index (Phi) is 13.0. The summed E-state index contributed by atoms with van der Waals surface area (Å²) in [6.45, 7) is 2.61. The van der Waals surface area contributed by atoms with E-state index in [0.29, 0.717) is 45.9 Å². The molecule has 1 aromatic carbocycles. The van der Waals surface area contributed by atoms with Gasteiger partial charge in [0.1, 0.15) is 6.61 Å². The van der Waals surface area contributed by atoms with Gasteiger partial charge in [-0.15, -0.1) is 0 Å². The van der Waals surface area contributed by atoms with Gasteiger partial charge in [0.2, 0.25) is 15.9 Å². The number of hydrogen-bond acceptors (Lipinski definition) is 10. The van der Waals surface area contributed by atoms with Crippen molar-refractivity contribution in [3.8, 4) is 0 Å². The molecular formula is C21H33N3O10S. The van der Waals surface area contributed by atoms with Gasteiger partial charge in [0, 0.05) is 31.9 Å². The van der Waals surface area contributed by atoms with E-state index in [0.717, 1.165) is 0 Å². The Labute approximate surface area is 204 Å². The fraction of sp³-hybridized carbons (Fsp3) is 0.667. The Morgan fingerprint density at radius 1 is 1.00 bits per heavy atom. The minimum Gasteiger partial charge on any atom is -0.381 e. The van der Waals surface area contributed by atoms with Crippen LogP contribution in [0.3, 0.4) is 0 Å². The van der Waals surface area contributed by atoms with Crippen molar-refractivity contribution in [2.45, 2.75) is 23.8 Å². The smallest absolute Gasteiger partial charge is 0.289 e. The van der Waals surface area contributed by atoms with E-state index in [4.69, 9.17) is 29.4 Å². The number of primary amides is 1. The second kappa shape index (κ2) is 15.7. The lowest BCUT2D eigenvalue weighted by molar-refractivity contribution is -0.387. The number of ether oxygens (including phenoxy) is 5. The lowest BCUT2D eigenvalue weighted by Gasteiger charge is -2.33. The summed E-state index contributed by atoms with van der Waals surface area (Å²) in [7, 11) is -4.12. The number of nitro groups is 1. The molecule has 0 saturated carbocycles. The zero-order valence-electron chi connectivity index (χ0n) is 19.5. The Morgan fingerprint density at radius 2 is 1.54 bits per heavy atom. The van der Waals surface area contributed by atoms with E-state index in [1.807, 2.05) is 0 Å². The topological polar surface area (TPSA) is 170 Å². The fourth-order valence-corrected chi connectivity index (χ4v) is 5.24. The second-order valence-electron chi connectivity index (χ2n) is 7.54. The Hall–Kier alpha value is -2.20. The summed E-state index contributed by atoms with van der Waals surface area (Å²) < 4.78 is 54.5. The molecule has 2 N–H and O–H groups in total. The maximum Gasteiger partial charge on any atom is 0.289 e. The summed E-state index contributed by atoms with van der Waals surface area (Å²) in [5, 5.41) is 11.4. The average molecular weight is 520 g/mol. The molecule has 35 heavy (non-hydrogen) atoms. The fourth-order valence-electron chi connectivity index (χ4n) is 3.41. The number of amides is 1. The van der Waals surface area contributed by atoms with Crippen LogP contribution in [-0.2, 0) is 38.5 Å². The van der Waals surface area contributed by atoms with Crippen molar-refractivity contribution in [3.05, 3.63) is 34.4 Å². The molecule has 0 unspecified atom stereocenters. The number of nitrogens with zero attached hydrogens (tertiary/aromatic N) is 2. The minimum atomic E-state index is -4.12. The molecule has 0 spiro atoms. The van der Waals surface area contributed by atoms with Crippen molar-refractivity contribution in [1.82, 2.24) is 4.31 Å². The average Bonchev–Trinajstić information content (AvgIpc) is 2.84. The molecule has 2 rings (SSSR count). The standard InChI is InChI=1S/C21H33N3O10S/c22-21(25)17-34-16-15-33-14-13-32-12-11-31-10-7-23(18-5-8-30-9-6-18)35(28,29)20-4-2-1-3-19(20)24(26)27/h1-4,18H,5-17H2,(H2,22,25). The normalized spacial score (nSPS) is 14.9. The molecule has 198 valence electrons. The summed E-state index contributed by atoms with van der Waals surface area (Å²) in [6, 6.07) is 4.99. The van der Waals surface area contributed by atoms with Gasteiger partial charge in [-0.05, 0) is 18.9 Å². The summed E-state index contributed by atoms with van der Waals surface area (Å²) in [5.41, 5.74) is 4.49. The van der Waals surface area contributed by atoms with Gasteiger partial charge in [-0.3, -0.25) is 14.9 Å². The number of nitrogens with two attached hydrogens (primary N) is 1. The third-order valence-electron chi connectivity index (χ3n) is 5.06. The molecule has 1 fully saturated rings. The van der Waals surface area contributed by atoms with Crippen LogP contribution in [0.15, 0.2) is 29.2 Å². The van der Waals surface area contributed by atoms with Crippen molar-refractivity contribution in [2.75, 3.05) is 72.6 Å². The monoisotopic (exact) mass is 519 g/mol. The predicted octanol–water partition coefficient (Wildman–Crippen LogP) is 0.316. The zero-order chi connectivity index (χ0) is 25.5. The summed E-state index contributed by atoms with van der Waals surface area (Å²) >= 11 is 0. The number of rotatable bonds is 18. The maximum atomic E-state index is 13.4. The van der Waals surface area contributed by atoms with E-state index in [2.05, 4.69) is 0 Å². The number of para-hydroxylation sites is 1. The number of hydrogen-bond donors (Lipinski definition) is 1. The highest BCUT2D eigenvalue weighted by Gasteiger charge is 2.36. The number of sulfonamides is 1. The number of carbonyl (C=O) groups excluding carboxylic acids is 1. The van der Waals surface area contributed by atoms with Crippen LogP contribution in [0.25, 0.3) is 0 Å². The van der Waals surface area contributed by atoms with Crippen molar-refractivity contribution >= 4 is 21.6 Å². The first-order chi connectivity index (χ1) is 16.8. The summed E-state index contributed by atoms with van der Waals surface area (Å²) in [5.74, 6) is -0.539. The molecule has 14 heteroatoms. The molecule has 1 heterocycles. The van der Waals surface area contributed by atoms with Gasteiger partial charge in [0.25, 0.3) is 5.69 Å². The lowest BCUT2D eigenvalue weighted by atomic mass is 10.1. The van der Waals surface area contributed by atoms with Crippen molar-refractivity contribution < 1.29 is 41.8 Å². The Bertz CT molecular complexity index is 893. The van der Waals surface area contributed by atoms with Crippen LogP contribution in [0.5, 0.6) is 0 Å².